The van der Waals surface area contributed by atoms with Gasteiger partial charge in [0.05, 0.1) is 34.9 Å². The molecule has 2 fully saturated rings. The van der Waals surface area contributed by atoms with Crippen LogP contribution in [-0.4, -0.2) is 64.6 Å². The van der Waals surface area contributed by atoms with E-state index in [1.165, 1.54) is 31.4 Å². The molecule has 0 aromatic heterocycles. The predicted octanol–water partition coefficient (Wildman–Crippen LogP) is 3.03. The molecule has 2 amide bonds. The topological polar surface area (TPSA) is 114 Å². The Balaban J connectivity index is 1.55. The Hall–Kier alpha value is -3.11. The van der Waals surface area contributed by atoms with Crippen LogP contribution in [-0.2, 0) is 14.8 Å². The van der Waals surface area contributed by atoms with Crippen molar-refractivity contribution in [3.05, 3.63) is 53.6 Å². The summed E-state index contributed by atoms with van der Waals surface area (Å²) >= 11 is 0. The molecule has 2 aliphatic rings. The van der Waals surface area contributed by atoms with Crippen LogP contribution in [0.3, 0.4) is 0 Å². The Labute approximate surface area is 205 Å². The van der Waals surface area contributed by atoms with Crippen molar-refractivity contribution in [3.8, 4) is 5.75 Å². The highest BCUT2D eigenvalue weighted by molar-refractivity contribution is 7.92. The number of anilines is 1. The highest BCUT2D eigenvalue weighted by Gasteiger charge is 2.26. The van der Waals surface area contributed by atoms with Crippen LogP contribution in [0.25, 0.3) is 0 Å². The number of methoxy groups -OCH3 is 1. The molecule has 2 N–H and O–H groups in total. The number of sulfonamides is 1. The molecule has 2 aromatic carbocycles. The van der Waals surface area contributed by atoms with Crippen molar-refractivity contribution in [1.82, 2.24) is 10.2 Å². The minimum atomic E-state index is -4.09. The van der Waals surface area contributed by atoms with E-state index < -0.39 is 15.9 Å². The lowest BCUT2D eigenvalue weighted by atomic mass is 10.1. The molecule has 0 saturated carbocycles. The maximum absolute atomic E-state index is 13.3. The molecule has 10 heteroatoms. The molecule has 4 rings (SSSR count). The molecule has 2 saturated heterocycles. The number of hydrogen-bond acceptors (Lipinski definition) is 6. The highest BCUT2D eigenvalue weighted by Crippen LogP contribution is 2.27. The third-order valence-electron chi connectivity index (χ3n) is 6.29. The summed E-state index contributed by atoms with van der Waals surface area (Å²) in [6.45, 7) is 2.30. The molecule has 35 heavy (non-hydrogen) atoms. The number of nitrogens with one attached hydrogen (secondary N) is 2. The first kappa shape index (κ1) is 25.0. The number of likely N-dealkylation sites (tertiary alicyclic amines) is 1. The Kier molecular flexibility index (Phi) is 7.92. The van der Waals surface area contributed by atoms with Crippen LogP contribution in [0.4, 0.5) is 5.69 Å². The van der Waals surface area contributed by atoms with E-state index in [2.05, 4.69) is 10.0 Å². The second kappa shape index (κ2) is 11.1. The first-order chi connectivity index (χ1) is 16.9. The molecule has 2 aliphatic heterocycles. The number of para-hydroxylation sites is 1. The van der Waals surface area contributed by atoms with Gasteiger partial charge in [0.15, 0.2) is 0 Å². The Morgan fingerprint density at radius 1 is 1.06 bits per heavy atom. The summed E-state index contributed by atoms with van der Waals surface area (Å²) in [5.74, 6) is -0.338. The highest BCUT2D eigenvalue weighted by atomic mass is 32.2. The summed E-state index contributed by atoms with van der Waals surface area (Å²) in [4.78, 5) is 27.5. The van der Waals surface area contributed by atoms with E-state index in [9.17, 15) is 18.0 Å². The van der Waals surface area contributed by atoms with Gasteiger partial charge in [-0.2, -0.15) is 0 Å². The van der Waals surface area contributed by atoms with Crippen LogP contribution in [0.5, 0.6) is 5.75 Å². The molecule has 0 radical (unpaired) electrons. The van der Waals surface area contributed by atoms with Crippen LogP contribution < -0.4 is 14.8 Å². The Morgan fingerprint density at radius 3 is 2.54 bits per heavy atom. The SMILES string of the molecule is COc1ccc(S(=O)(=O)Nc2ccccc2C(=O)NC[C@H]2CCCO2)cc1C(=O)N1CCCCC1. The Morgan fingerprint density at radius 2 is 1.83 bits per heavy atom. The number of nitrogens with zero attached hydrogens (tertiary/aromatic N) is 1. The zero-order valence-corrected chi connectivity index (χ0v) is 20.6. The molecular weight excluding hydrogens is 470 g/mol. The van der Waals surface area contributed by atoms with E-state index >= 15 is 0 Å². The van der Waals surface area contributed by atoms with Gasteiger partial charge in [-0.1, -0.05) is 12.1 Å². The van der Waals surface area contributed by atoms with Gasteiger partial charge in [0.2, 0.25) is 0 Å². The normalized spacial score (nSPS) is 18.2. The van der Waals surface area contributed by atoms with E-state index in [0.29, 0.717) is 32.0 Å². The fourth-order valence-electron chi connectivity index (χ4n) is 4.37. The van der Waals surface area contributed by atoms with Crippen molar-refractivity contribution in [2.45, 2.75) is 43.1 Å². The first-order valence-electron chi connectivity index (χ1n) is 11.9. The van der Waals surface area contributed by atoms with Gasteiger partial charge in [-0.25, -0.2) is 8.42 Å². The average Bonchev–Trinajstić information content (AvgIpc) is 3.41. The molecular formula is C25H31N3O6S. The summed E-state index contributed by atoms with van der Waals surface area (Å²) in [7, 11) is -2.65. The standard InChI is InChI=1S/C25H31N3O6S/c1-33-23-12-11-19(16-21(23)25(30)28-13-5-2-6-14-28)35(31,32)27-22-10-4-3-9-20(22)24(29)26-17-18-8-7-15-34-18/h3-4,9-12,16,18,27H,2,5-8,13-15,17H2,1H3,(H,26,29)/t18-/m1/s1. The molecule has 0 aliphatic carbocycles. The van der Waals surface area contributed by atoms with Crippen molar-refractivity contribution in [1.29, 1.82) is 0 Å². The van der Waals surface area contributed by atoms with E-state index in [4.69, 9.17) is 9.47 Å². The number of benzene rings is 2. The van der Waals surface area contributed by atoms with Crippen LogP contribution in [0.2, 0.25) is 0 Å². The van der Waals surface area contributed by atoms with Gasteiger partial charge in [-0.3, -0.25) is 14.3 Å². The quantitative estimate of drug-likeness (QED) is 0.575. The van der Waals surface area contributed by atoms with Crippen molar-refractivity contribution in [2.75, 3.05) is 38.1 Å². The molecule has 2 heterocycles. The van der Waals surface area contributed by atoms with Gasteiger partial charge in [-0.05, 0) is 62.4 Å². The smallest absolute Gasteiger partial charge is 0.261 e. The Bertz CT molecular complexity index is 1170. The average molecular weight is 502 g/mol. The van der Waals surface area contributed by atoms with Crippen molar-refractivity contribution >= 4 is 27.5 Å². The number of piperidine rings is 1. The van der Waals surface area contributed by atoms with Crippen molar-refractivity contribution < 1.29 is 27.5 Å². The second-order valence-corrected chi connectivity index (χ2v) is 10.4. The summed E-state index contributed by atoms with van der Waals surface area (Å²) in [5.41, 5.74) is 0.545. The number of hydrogen-bond donors (Lipinski definition) is 2. The first-order valence-corrected chi connectivity index (χ1v) is 13.4. The molecule has 2 aromatic rings. The minimum absolute atomic E-state index is 0.0297. The van der Waals surface area contributed by atoms with Gasteiger partial charge in [0, 0.05) is 26.2 Å². The molecule has 9 nitrogen and oxygen atoms in total. The van der Waals surface area contributed by atoms with E-state index in [1.807, 2.05) is 0 Å². The number of carbonyl (C=O) groups is 2. The van der Waals surface area contributed by atoms with Gasteiger partial charge >= 0.3 is 0 Å². The molecule has 0 bridgehead atoms. The fourth-order valence-corrected chi connectivity index (χ4v) is 5.48. The van der Waals surface area contributed by atoms with Crippen molar-refractivity contribution in [3.63, 3.8) is 0 Å². The van der Waals surface area contributed by atoms with E-state index in [1.54, 1.807) is 23.1 Å². The molecule has 188 valence electrons. The summed E-state index contributed by atoms with van der Waals surface area (Å²) in [6.07, 6.45) is 4.71. The number of ether oxygens (including phenoxy) is 2. The fraction of sp³-hybridized carbons (Fsp3) is 0.440. The zero-order chi connectivity index (χ0) is 24.8. The summed E-state index contributed by atoms with van der Waals surface area (Å²) < 4.78 is 39.9. The lowest BCUT2D eigenvalue weighted by Crippen LogP contribution is -2.36. The van der Waals surface area contributed by atoms with Crippen molar-refractivity contribution in [2.24, 2.45) is 0 Å². The maximum Gasteiger partial charge on any atom is 0.261 e. The van der Waals surface area contributed by atoms with Crippen LogP contribution in [0.15, 0.2) is 47.4 Å². The lowest BCUT2D eigenvalue weighted by Gasteiger charge is -2.27. The second-order valence-electron chi connectivity index (χ2n) is 8.71. The van der Waals surface area contributed by atoms with Crippen LogP contribution >= 0.6 is 0 Å². The van der Waals surface area contributed by atoms with Gasteiger partial charge in [0.25, 0.3) is 21.8 Å². The molecule has 0 spiro atoms. The predicted molar refractivity (Wildman–Crippen MR) is 131 cm³/mol. The van der Waals surface area contributed by atoms with E-state index in [0.717, 1.165) is 32.1 Å². The third kappa shape index (κ3) is 5.94. The lowest BCUT2D eigenvalue weighted by molar-refractivity contribution is 0.0720. The minimum Gasteiger partial charge on any atom is -0.496 e. The van der Waals surface area contributed by atoms with Gasteiger partial charge < -0.3 is 19.7 Å². The number of amides is 2. The van der Waals surface area contributed by atoms with Gasteiger partial charge in [0.1, 0.15) is 5.75 Å². The zero-order valence-electron chi connectivity index (χ0n) is 19.8. The molecule has 1 atom stereocenters. The van der Waals surface area contributed by atoms with Crippen LogP contribution in [0, 0.1) is 0 Å². The largest absolute Gasteiger partial charge is 0.496 e. The maximum atomic E-state index is 13.3. The monoisotopic (exact) mass is 501 g/mol. The molecule has 0 unspecified atom stereocenters. The number of rotatable bonds is 8. The summed E-state index contributed by atoms with van der Waals surface area (Å²) in [5, 5.41) is 2.82. The summed E-state index contributed by atoms with van der Waals surface area (Å²) in [6, 6.07) is 10.6. The van der Waals surface area contributed by atoms with Crippen LogP contribution in [0.1, 0.15) is 52.8 Å². The third-order valence-corrected chi connectivity index (χ3v) is 7.65. The van der Waals surface area contributed by atoms with E-state index in [-0.39, 0.29) is 33.7 Å². The van der Waals surface area contributed by atoms with Gasteiger partial charge in [-0.15, -0.1) is 0 Å². The number of carbonyl (C=O) groups excluding carboxylic acids is 2.